The van der Waals surface area contributed by atoms with E-state index in [0.29, 0.717) is 0 Å². The topological polar surface area (TPSA) is 0 Å². The average molecular weight is 649 g/mol. The molecule has 0 saturated heterocycles. The van der Waals surface area contributed by atoms with Crippen LogP contribution in [0.2, 0.25) is 0 Å². The fourth-order valence-electron chi connectivity index (χ4n) is 7.68. The Morgan fingerprint density at radius 1 is 0.235 bits per heavy atom. The summed E-state index contributed by atoms with van der Waals surface area (Å²) in [6.45, 7) is 2.21. The summed E-state index contributed by atoms with van der Waals surface area (Å²) in [7, 11) is 0. The van der Waals surface area contributed by atoms with Crippen molar-refractivity contribution in [2.45, 2.75) is 6.92 Å². The molecule has 0 aliphatic rings. The molecule has 0 aromatic heterocycles. The molecular formula is C51H36. The lowest BCUT2D eigenvalue weighted by atomic mass is 9.84. The number of fused-ring (bicyclic) bond motifs is 2. The third kappa shape index (κ3) is 5.71. The number of benzene rings is 9. The second kappa shape index (κ2) is 13.1. The van der Waals surface area contributed by atoms with Crippen molar-refractivity contribution in [2.24, 2.45) is 0 Å². The van der Waals surface area contributed by atoms with Crippen LogP contribution in [0.3, 0.4) is 0 Å². The molecule has 0 heterocycles. The first-order valence-corrected chi connectivity index (χ1v) is 17.7. The summed E-state index contributed by atoms with van der Waals surface area (Å²) in [6, 6.07) is 72.9. The summed E-state index contributed by atoms with van der Waals surface area (Å²) >= 11 is 0. The number of hydrogen-bond donors (Lipinski definition) is 0. The Morgan fingerprint density at radius 2 is 0.569 bits per heavy atom. The molecule has 51 heavy (non-hydrogen) atoms. The van der Waals surface area contributed by atoms with Crippen molar-refractivity contribution in [1.29, 1.82) is 0 Å². The van der Waals surface area contributed by atoms with Crippen molar-refractivity contribution in [3.63, 3.8) is 0 Å². The number of aryl methyl sites for hydroxylation is 1. The van der Waals surface area contributed by atoms with Gasteiger partial charge in [-0.3, -0.25) is 0 Å². The molecular weight excluding hydrogens is 613 g/mol. The van der Waals surface area contributed by atoms with Gasteiger partial charge in [0.15, 0.2) is 0 Å². The molecule has 0 bridgehead atoms. The maximum absolute atomic E-state index is 2.36. The zero-order chi connectivity index (χ0) is 34.1. The minimum Gasteiger partial charge on any atom is -0.0622 e. The highest BCUT2D eigenvalue weighted by Crippen LogP contribution is 2.45. The monoisotopic (exact) mass is 648 g/mol. The van der Waals surface area contributed by atoms with Gasteiger partial charge in [-0.1, -0.05) is 182 Å². The Hall–Kier alpha value is -6.50. The molecule has 0 amide bonds. The molecule has 0 N–H and O–H groups in total. The van der Waals surface area contributed by atoms with Gasteiger partial charge in [-0.2, -0.15) is 0 Å². The quantitative estimate of drug-likeness (QED) is 0.157. The fourth-order valence-corrected chi connectivity index (χ4v) is 7.68. The Morgan fingerprint density at radius 3 is 1.06 bits per heavy atom. The molecule has 0 aliphatic carbocycles. The normalized spacial score (nSPS) is 11.2. The van der Waals surface area contributed by atoms with Crippen LogP contribution < -0.4 is 0 Å². The predicted molar refractivity (Wildman–Crippen MR) is 219 cm³/mol. The largest absolute Gasteiger partial charge is 0.0622 e. The lowest BCUT2D eigenvalue weighted by Crippen LogP contribution is -1.92. The van der Waals surface area contributed by atoms with Gasteiger partial charge in [0, 0.05) is 0 Å². The Labute approximate surface area is 300 Å². The van der Waals surface area contributed by atoms with Crippen LogP contribution >= 0.6 is 0 Å². The lowest BCUT2D eigenvalue weighted by molar-refractivity contribution is 1.47. The standard InChI is InChI=1S/C51H36/c1-35-14-5-6-23-45(35)51-48-26-9-7-24-46(48)50(47-25-8-10-27-49(47)51)44-22-13-21-43(34-44)42-20-12-19-41(33-42)38-30-28-37(29-31-38)40-18-11-17-39(32-40)36-15-3-2-4-16-36/h2-34H,1H3. The van der Waals surface area contributed by atoms with E-state index in [9.17, 15) is 0 Å². The molecule has 0 saturated carbocycles. The Balaban J connectivity index is 1.09. The zero-order valence-corrected chi connectivity index (χ0v) is 28.6. The predicted octanol–water partition coefficient (Wildman–Crippen LogP) is 14.3. The van der Waals surface area contributed by atoms with E-state index in [1.165, 1.54) is 93.9 Å². The van der Waals surface area contributed by atoms with Gasteiger partial charge in [0.25, 0.3) is 0 Å². The van der Waals surface area contributed by atoms with Crippen molar-refractivity contribution >= 4 is 21.5 Å². The highest BCUT2D eigenvalue weighted by Gasteiger charge is 2.17. The summed E-state index contributed by atoms with van der Waals surface area (Å²) in [5.41, 5.74) is 16.1. The minimum absolute atomic E-state index is 1.21. The summed E-state index contributed by atoms with van der Waals surface area (Å²) in [5, 5.41) is 5.11. The van der Waals surface area contributed by atoms with Gasteiger partial charge in [-0.25, -0.2) is 0 Å². The minimum atomic E-state index is 1.21. The summed E-state index contributed by atoms with van der Waals surface area (Å²) in [4.78, 5) is 0. The molecule has 0 aliphatic heterocycles. The van der Waals surface area contributed by atoms with Crippen LogP contribution in [0.4, 0.5) is 0 Å². The Kier molecular flexibility index (Phi) is 7.84. The van der Waals surface area contributed by atoms with Gasteiger partial charge >= 0.3 is 0 Å². The average Bonchev–Trinajstić information content (AvgIpc) is 3.21. The van der Waals surface area contributed by atoms with Crippen molar-refractivity contribution in [2.75, 3.05) is 0 Å². The first-order valence-electron chi connectivity index (χ1n) is 17.7. The third-order valence-corrected chi connectivity index (χ3v) is 10.2. The molecule has 9 aromatic carbocycles. The van der Waals surface area contributed by atoms with E-state index in [0.717, 1.165) is 0 Å². The molecule has 0 atom stereocenters. The van der Waals surface area contributed by atoms with Crippen LogP contribution in [0.25, 0.3) is 88.3 Å². The molecule has 240 valence electrons. The first-order chi connectivity index (χ1) is 25.2. The molecule has 0 unspecified atom stereocenters. The van der Waals surface area contributed by atoms with E-state index in [1.807, 2.05) is 0 Å². The first kappa shape index (κ1) is 30.6. The van der Waals surface area contributed by atoms with Gasteiger partial charge in [0.1, 0.15) is 0 Å². The second-order valence-electron chi connectivity index (χ2n) is 13.3. The Bertz CT molecular complexity index is 2620. The smallest absolute Gasteiger partial charge is 0.00237 e. The molecule has 0 spiro atoms. The maximum atomic E-state index is 2.36. The van der Waals surface area contributed by atoms with Gasteiger partial charge in [-0.15, -0.1) is 0 Å². The van der Waals surface area contributed by atoms with Crippen LogP contribution in [0.15, 0.2) is 200 Å². The molecule has 0 nitrogen and oxygen atoms in total. The van der Waals surface area contributed by atoms with Crippen LogP contribution in [-0.2, 0) is 0 Å². The summed E-state index contributed by atoms with van der Waals surface area (Å²) in [6.07, 6.45) is 0. The molecule has 0 radical (unpaired) electrons. The molecule has 0 fully saturated rings. The van der Waals surface area contributed by atoms with Crippen molar-refractivity contribution in [3.8, 4) is 66.8 Å². The third-order valence-electron chi connectivity index (χ3n) is 10.2. The van der Waals surface area contributed by atoms with Crippen LogP contribution in [-0.4, -0.2) is 0 Å². The number of rotatable bonds is 6. The second-order valence-corrected chi connectivity index (χ2v) is 13.3. The van der Waals surface area contributed by atoms with Crippen LogP contribution in [0, 0.1) is 6.92 Å². The molecule has 0 heteroatoms. The van der Waals surface area contributed by atoms with E-state index in [1.54, 1.807) is 0 Å². The zero-order valence-electron chi connectivity index (χ0n) is 28.6. The highest BCUT2D eigenvalue weighted by molar-refractivity contribution is 6.21. The van der Waals surface area contributed by atoms with E-state index < -0.39 is 0 Å². The van der Waals surface area contributed by atoms with E-state index in [4.69, 9.17) is 0 Å². The van der Waals surface area contributed by atoms with Crippen LogP contribution in [0.1, 0.15) is 5.56 Å². The van der Waals surface area contributed by atoms with Crippen molar-refractivity contribution < 1.29 is 0 Å². The fraction of sp³-hybridized carbons (Fsp3) is 0.0196. The summed E-state index contributed by atoms with van der Waals surface area (Å²) < 4.78 is 0. The van der Waals surface area contributed by atoms with E-state index in [2.05, 4.69) is 207 Å². The van der Waals surface area contributed by atoms with E-state index in [-0.39, 0.29) is 0 Å². The van der Waals surface area contributed by atoms with Crippen LogP contribution in [0.5, 0.6) is 0 Å². The lowest BCUT2D eigenvalue weighted by Gasteiger charge is -2.19. The number of hydrogen-bond acceptors (Lipinski definition) is 0. The van der Waals surface area contributed by atoms with Crippen molar-refractivity contribution in [1.82, 2.24) is 0 Å². The molecule has 9 aromatic rings. The SMILES string of the molecule is Cc1ccccc1-c1c2ccccc2c(-c2cccc(-c3cccc(-c4ccc(-c5cccc(-c6ccccc6)c5)cc4)c3)c2)c2ccccc12. The van der Waals surface area contributed by atoms with E-state index >= 15 is 0 Å². The van der Waals surface area contributed by atoms with Gasteiger partial charge in [0.2, 0.25) is 0 Å². The van der Waals surface area contributed by atoms with Crippen molar-refractivity contribution in [3.05, 3.63) is 206 Å². The molecule has 9 rings (SSSR count). The summed E-state index contributed by atoms with van der Waals surface area (Å²) in [5.74, 6) is 0. The van der Waals surface area contributed by atoms with Gasteiger partial charge in [0.05, 0.1) is 0 Å². The van der Waals surface area contributed by atoms with Gasteiger partial charge < -0.3 is 0 Å². The highest BCUT2D eigenvalue weighted by atomic mass is 14.2. The van der Waals surface area contributed by atoms with Gasteiger partial charge in [-0.05, 0) is 119 Å². The maximum Gasteiger partial charge on any atom is -0.00237 e.